The van der Waals surface area contributed by atoms with Crippen molar-refractivity contribution in [3.63, 3.8) is 0 Å². The van der Waals surface area contributed by atoms with E-state index in [2.05, 4.69) is 16.7 Å². The smallest absolute Gasteiger partial charge is 0.236 e. The van der Waals surface area contributed by atoms with Crippen LogP contribution in [0.4, 0.5) is 0 Å². The van der Waals surface area contributed by atoms with Crippen LogP contribution in [-0.2, 0) is 11.2 Å². The summed E-state index contributed by atoms with van der Waals surface area (Å²) in [6, 6.07) is 7.83. The summed E-state index contributed by atoms with van der Waals surface area (Å²) >= 11 is 0. The standard InChI is InChI=1S/C13H18N2O2/c1-9(14-2)13(16)15-8-11-7-10-5-3-4-6-12(10)17-11/h3-6,9,11,14H,7-8H2,1-2H3,(H,15,16). The lowest BCUT2D eigenvalue weighted by Crippen LogP contribution is -2.44. The number of hydrogen-bond acceptors (Lipinski definition) is 3. The molecular weight excluding hydrogens is 216 g/mol. The Labute approximate surface area is 101 Å². The second-order valence-corrected chi connectivity index (χ2v) is 4.31. The minimum atomic E-state index is -0.168. The van der Waals surface area contributed by atoms with E-state index in [0.717, 1.165) is 12.2 Å². The first kappa shape index (κ1) is 11.9. The molecule has 1 amide bonds. The number of rotatable bonds is 4. The predicted octanol–water partition coefficient (Wildman–Crippen LogP) is 0.714. The predicted molar refractivity (Wildman–Crippen MR) is 66.1 cm³/mol. The molecule has 92 valence electrons. The molecule has 2 unspecified atom stereocenters. The molecule has 2 N–H and O–H groups in total. The van der Waals surface area contributed by atoms with Crippen LogP contribution in [0.3, 0.4) is 0 Å². The molecule has 4 heteroatoms. The quantitative estimate of drug-likeness (QED) is 0.807. The van der Waals surface area contributed by atoms with Crippen molar-refractivity contribution in [1.82, 2.24) is 10.6 Å². The van der Waals surface area contributed by atoms with Gasteiger partial charge in [0.2, 0.25) is 5.91 Å². The van der Waals surface area contributed by atoms with Gasteiger partial charge < -0.3 is 15.4 Å². The zero-order valence-corrected chi connectivity index (χ0v) is 10.2. The molecule has 1 aliphatic rings. The van der Waals surface area contributed by atoms with Gasteiger partial charge in [0.1, 0.15) is 11.9 Å². The second-order valence-electron chi connectivity index (χ2n) is 4.31. The first-order chi connectivity index (χ1) is 8.20. The summed E-state index contributed by atoms with van der Waals surface area (Å²) in [6.45, 7) is 2.39. The van der Waals surface area contributed by atoms with Gasteiger partial charge in [-0.2, -0.15) is 0 Å². The molecule has 0 saturated heterocycles. The van der Waals surface area contributed by atoms with Crippen molar-refractivity contribution in [3.8, 4) is 5.75 Å². The summed E-state index contributed by atoms with van der Waals surface area (Å²) < 4.78 is 5.74. The Bertz CT molecular complexity index is 381. The zero-order chi connectivity index (χ0) is 12.3. The molecule has 1 aliphatic heterocycles. The van der Waals surface area contributed by atoms with Crippen molar-refractivity contribution in [2.75, 3.05) is 13.6 Å². The number of amides is 1. The van der Waals surface area contributed by atoms with E-state index in [9.17, 15) is 4.79 Å². The molecule has 0 bridgehead atoms. The Morgan fingerprint density at radius 3 is 3.00 bits per heavy atom. The van der Waals surface area contributed by atoms with Gasteiger partial charge in [0, 0.05) is 6.42 Å². The molecule has 17 heavy (non-hydrogen) atoms. The molecule has 1 heterocycles. The van der Waals surface area contributed by atoms with E-state index < -0.39 is 0 Å². The molecule has 2 atom stereocenters. The van der Waals surface area contributed by atoms with Crippen molar-refractivity contribution in [2.45, 2.75) is 25.5 Å². The monoisotopic (exact) mass is 234 g/mol. The van der Waals surface area contributed by atoms with Crippen LogP contribution in [0.25, 0.3) is 0 Å². The first-order valence-electron chi connectivity index (χ1n) is 5.90. The van der Waals surface area contributed by atoms with Crippen LogP contribution >= 0.6 is 0 Å². The van der Waals surface area contributed by atoms with Gasteiger partial charge in [-0.3, -0.25) is 4.79 Å². The molecule has 0 aromatic heterocycles. The molecule has 0 saturated carbocycles. The van der Waals surface area contributed by atoms with E-state index in [1.54, 1.807) is 7.05 Å². The highest BCUT2D eigenvalue weighted by Crippen LogP contribution is 2.27. The average molecular weight is 234 g/mol. The van der Waals surface area contributed by atoms with Gasteiger partial charge in [-0.1, -0.05) is 18.2 Å². The van der Waals surface area contributed by atoms with Crippen LogP contribution in [0, 0.1) is 0 Å². The van der Waals surface area contributed by atoms with Gasteiger partial charge in [-0.05, 0) is 25.6 Å². The van der Waals surface area contributed by atoms with E-state index in [4.69, 9.17) is 4.74 Å². The third-order valence-corrected chi connectivity index (χ3v) is 3.04. The van der Waals surface area contributed by atoms with Crippen LogP contribution in [0.2, 0.25) is 0 Å². The van der Waals surface area contributed by atoms with Crippen LogP contribution < -0.4 is 15.4 Å². The zero-order valence-electron chi connectivity index (χ0n) is 10.2. The number of fused-ring (bicyclic) bond motifs is 1. The Morgan fingerprint density at radius 2 is 2.29 bits per heavy atom. The second kappa shape index (κ2) is 5.19. The maximum Gasteiger partial charge on any atom is 0.236 e. The Morgan fingerprint density at radius 1 is 1.53 bits per heavy atom. The number of carbonyl (C=O) groups is 1. The molecule has 0 aliphatic carbocycles. The average Bonchev–Trinajstić information content (AvgIpc) is 2.77. The molecule has 1 aromatic rings. The fraction of sp³-hybridized carbons (Fsp3) is 0.462. The lowest BCUT2D eigenvalue weighted by atomic mass is 10.1. The summed E-state index contributed by atoms with van der Waals surface area (Å²) in [4.78, 5) is 11.6. The molecule has 1 aromatic carbocycles. The summed E-state index contributed by atoms with van der Waals surface area (Å²) in [6.07, 6.45) is 0.921. The molecule has 0 spiro atoms. The van der Waals surface area contributed by atoms with E-state index in [1.165, 1.54) is 5.56 Å². The SMILES string of the molecule is CNC(C)C(=O)NCC1Cc2ccccc2O1. The normalized spacial score (nSPS) is 19.3. The Hall–Kier alpha value is -1.55. The molecule has 0 fully saturated rings. The third-order valence-electron chi connectivity index (χ3n) is 3.04. The number of hydrogen-bond donors (Lipinski definition) is 2. The van der Waals surface area contributed by atoms with Gasteiger partial charge in [0.05, 0.1) is 12.6 Å². The fourth-order valence-corrected chi connectivity index (χ4v) is 1.87. The number of ether oxygens (including phenoxy) is 1. The van der Waals surface area contributed by atoms with Gasteiger partial charge in [-0.15, -0.1) is 0 Å². The van der Waals surface area contributed by atoms with Gasteiger partial charge in [0.15, 0.2) is 0 Å². The Kier molecular flexibility index (Phi) is 3.64. The van der Waals surface area contributed by atoms with Crippen LogP contribution in [0.15, 0.2) is 24.3 Å². The van der Waals surface area contributed by atoms with Crippen molar-refractivity contribution < 1.29 is 9.53 Å². The minimum absolute atomic E-state index is 0.00653. The highest BCUT2D eigenvalue weighted by Gasteiger charge is 2.23. The number of nitrogens with one attached hydrogen (secondary N) is 2. The van der Waals surface area contributed by atoms with Crippen molar-refractivity contribution >= 4 is 5.91 Å². The summed E-state index contributed by atoms with van der Waals surface area (Å²) in [7, 11) is 1.77. The molecule has 4 nitrogen and oxygen atoms in total. The van der Waals surface area contributed by atoms with Gasteiger partial charge >= 0.3 is 0 Å². The maximum absolute atomic E-state index is 11.6. The molecule has 2 rings (SSSR count). The largest absolute Gasteiger partial charge is 0.488 e. The number of carbonyl (C=O) groups excluding carboxylic acids is 1. The first-order valence-corrected chi connectivity index (χ1v) is 5.90. The van der Waals surface area contributed by atoms with Crippen LogP contribution in [-0.4, -0.2) is 31.6 Å². The van der Waals surface area contributed by atoms with Gasteiger partial charge in [-0.25, -0.2) is 0 Å². The van der Waals surface area contributed by atoms with E-state index in [0.29, 0.717) is 6.54 Å². The van der Waals surface area contributed by atoms with Crippen molar-refractivity contribution in [2.24, 2.45) is 0 Å². The topological polar surface area (TPSA) is 50.4 Å². The number of para-hydroxylation sites is 1. The molecular formula is C13H18N2O2. The van der Waals surface area contributed by atoms with Crippen molar-refractivity contribution in [3.05, 3.63) is 29.8 Å². The van der Waals surface area contributed by atoms with E-state index in [-0.39, 0.29) is 18.1 Å². The highest BCUT2D eigenvalue weighted by atomic mass is 16.5. The minimum Gasteiger partial charge on any atom is -0.488 e. The lowest BCUT2D eigenvalue weighted by Gasteiger charge is -2.14. The van der Waals surface area contributed by atoms with Crippen molar-refractivity contribution in [1.29, 1.82) is 0 Å². The summed E-state index contributed by atoms with van der Waals surface area (Å²) in [5.74, 6) is 0.945. The number of likely N-dealkylation sites (N-methyl/N-ethyl adjacent to an activating group) is 1. The van der Waals surface area contributed by atoms with Gasteiger partial charge in [0.25, 0.3) is 0 Å². The van der Waals surface area contributed by atoms with E-state index in [1.807, 2.05) is 25.1 Å². The highest BCUT2D eigenvalue weighted by molar-refractivity contribution is 5.81. The van der Waals surface area contributed by atoms with E-state index >= 15 is 0 Å². The summed E-state index contributed by atoms with van der Waals surface area (Å²) in [5.41, 5.74) is 1.22. The third kappa shape index (κ3) is 2.77. The Balaban J connectivity index is 1.82. The number of benzene rings is 1. The van der Waals surface area contributed by atoms with Crippen LogP contribution in [0.5, 0.6) is 5.75 Å². The lowest BCUT2D eigenvalue weighted by molar-refractivity contribution is -0.122. The molecule has 0 radical (unpaired) electrons. The maximum atomic E-state index is 11.6. The summed E-state index contributed by atoms with van der Waals surface area (Å²) in [5, 5.41) is 5.79. The van der Waals surface area contributed by atoms with Crippen LogP contribution in [0.1, 0.15) is 12.5 Å². The fourth-order valence-electron chi connectivity index (χ4n) is 1.87.